The highest BCUT2D eigenvalue weighted by Gasteiger charge is 2.20. The van der Waals surface area contributed by atoms with Gasteiger partial charge in [-0.05, 0) is 49.1 Å². The lowest BCUT2D eigenvalue weighted by Gasteiger charge is -2.22. The molecular weight excluding hydrogens is 348 g/mol. The first-order valence-corrected chi connectivity index (χ1v) is 9.06. The van der Waals surface area contributed by atoms with Gasteiger partial charge in [0.15, 0.2) is 0 Å². The van der Waals surface area contributed by atoms with Crippen molar-refractivity contribution in [1.29, 1.82) is 0 Å². The topological polar surface area (TPSA) is 50.4 Å². The van der Waals surface area contributed by atoms with E-state index in [9.17, 15) is 4.79 Å². The number of halogens is 1. The second kappa shape index (κ2) is 11.0. The van der Waals surface area contributed by atoms with Crippen LogP contribution < -0.4 is 10.6 Å². The quantitative estimate of drug-likeness (QED) is 0.721. The molecule has 140 valence electrons. The predicted molar refractivity (Wildman–Crippen MR) is 108 cm³/mol. The lowest BCUT2D eigenvalue weighted by Crippen LogP contribution is -2.43. The number of anilines is 1. The molecule has 0 aromatic heterocycles. The highest BCUT2D eigenvalue weighted by atomic mass is 35.5. The first-order valence-electron chi connectivity index (χ1n) is 9.06. The molecule has 1 heterocycles. The van der Waals surface area contributed by atoms with Crippen molar-refractivity contribution in [3.8, 4) is 0 Å². The number of ether oxygens (including phenoxy) is 1. The molecule has 1 atom stereocenters. The van der Waals surface area contributed by atoms with Gasteiger partial charge in [0.25, 0.3) is 0 Å². The zero-order valence-corrected chi connectivity index (χ0v) is 15.8. The molecule has 1 unspecified atom stereocenters. The fourth-order valence-corrected chi connectivity index (χ4v) is 3.07. The molecule has 4 nitrogen and oxygen atoms in total. The third-order valence-corrected chi connectivity index (χ3v) is 4.47. The fourth-order valence-electron chi connectivity index (χ4n) is 3.07. The molecule has 5 heteroatoms. The van der Waals surface area contributed by atoms with Crippen molar-refractivity contribution in [2.75, 3.05) is 18.5 Å². The van der Waals surface area contributed by atoms with E-state index < -0.39 is 0 Å². The lowest BCUT2D eigenvalue weighted by atomic mass is 10.0. The van der Waals surface area contributed by atoms with E-state index in [0.29, 0.717) is 13.2 Å². The normalized spacial score (nSPS) is 16.5. The van der Waals surface area contributed by atoms with Crippen LogP contribution in [0.3, 0.4) is 0 Å². The molecule has 1 aliphatic rings. The van der Waals surface area contributed by atoms with Crippen LogP contribution in [0.1, 0.15) is 30.4 Å². The summed E-state index contributed by atoms with van der Waals surface area (Å²) in [7, 11) is 0. The summed E-state index contributed by atoms with van der Waals surface area (Å²) in [6, 6.07) is 18.2. The third kappa shape index (κ3) is 6.45. The van der Waals surface area contributed by atoms with Crippen LogP contribution in [-0.2, 0) is 22.6 Å². The van der Waals surface area contributed by atoms with E-state index in [2.05, 4.69) is 22.8 Å². The second-order valence-corrected chi connectivity index (χ2v) is 6.48. The maximum atomic E-state index is 12.3. The smallest absolute Gasteiger partial charge is 0.241 e. The van der Waals surface area contributed by atoms with Gasteiger partial charge in [-0.3, -0.25) is 4.79 Å². The molecule has 0 spiro atoms. The highest BCUT2D eigenvalue weighted by Crippen LogP contribution is 2.14. The van der Waals surface area contributed by atoms with Gasteiger partial charge in [0, 0.05) is 5.69 Å². The maximum Gasteiger partial charge on any atom is 0.241 e. The number of carbonyl (C=O) groups excluding carboxylic acids is 1. The van der Waals surface area contributed by atoms with Crippen molar-refractivity contribution >= 4 is 24.0 Å². The van der Waals surface area contributed by atoms with E-state index in [1.54, 1.807) is 0 Å². The van der Waals surface area contributed by atoms with Crippen molar-refractivity contribution in [3.63, 3.8) is 0 Å². The molecule has 3 rings (SSSR count). The summed E-state index contributed by atoms with van der Waals surface area (Å²) in [6.45, 7) is 2.16. The summed E-state index contributed by atoms with van der Waals surface area (Å²) < 4.78 is 5.77. The molecule has 1 amide bonds. The average Bonchev–Trinajstić information content (AvgIpc) is 2.67. The monoisotopic (exact) mass is 374 g/mol. The standard InChI is InChI=1S/C21H26N2O2.ClH/c24-21(20-11-4-5-13-22-20)23-19-10-6-9-18(15-19)16-25-14-12-17-7-2-1-3-8-17;/h1-3,6-10,15,20,22H,4-5,11-14,16H2,(H,23,24);1H. The van der Waals surface area contributed by atoms with Crippen LogP contribution in [-0.4, -0.2) is 25.1 Å². The zero-order chi connectivity index (χ0) is 17.3. The molecule has 2 aromatic carbocycles. The van der Waals surface area contributed by atoms with Crippen molar-refractivity contribution in [2.45, 2.75) is 38.3 Å². The van der Waals surface area contributed by atoms with Gasteiger partial charge in [-0.1, -0.05) is 48.9 Å². The van der Waals surface area contributed by atoms with Crippen LogP contribution >= 0.6 is 12.4 Å². The molecule has 2 N–H and O–H groups in total. The Bertz CT molecular complexity index is 673. The Morgan fingerprint density at radius 2 is 1.88 bits per heavy atom. The fraction of sp³-hybridized carbons (Fsp3) is 0.381. The molecule has 26 heavy (non-hydrogen) atoms. The number of hydrogen-bond donors (Lipinski definition) is 2. The van der Waals surface area contributed by atoms with E-state index in [1.165, 1.54) is 5.56 Å². The summed E-state index contributed by atoms with van der Waals surface area (Å²) in [5, 5.41) is 6.29. The minimum atomic E-state index is -0.0699. The number of amides is 1. The molecule has 2 aromatic rings. The van der Waals surface area contributed by atoms with Crippen LogP contribution in [0.2, 0.25) is 0 Å². The van der Waals surface area contributed by atoms with Crippen LogP contribution in [0.15, 0.2) is 54.6 Å². The van der Waals surface area contributed by atoms with Crippen LogP contribution in [0.25, 0.3) is 0 Å². The lowest BCUT2D eigenvalue weighted by molar-refractivity contribution is -0.118. The number of carbonyl (C=O) groups is 1. The molecule has 0 bridgehead atoms. The van der Waals surface area contributed by atoms with Gasteiger partial charge in [0.05, 0.1) is 19.3 Å². The van der Waals surface area contributed by atoms with Crippen molar-refractivity contribution < 1.29 is 9.53 Å². The Balaban J connectivity index is 0.00000243. The molecule has 1 aliphatic heterocycles. The van der Waals surface area contributed by atoms with Gasteiger partial charge < -0.3 is 15.4 Å². The van der Waals surface area contributed by atoms with E-state index in [-0.39, 0.29) is 24.4 Å². The number of rotatable bonds is 7. The SMILES string of the molecule is Cl.O=C(Nc1cccc(COCCc2ccccc2)c1)C1CCCCN1. The largest absolute Gasteiger partial charge is 0.376 e. The minimum absolute atomic E-state index is 0. The van der Waals surface area contributed by atoms with E-state index in [4.69, 9.17) is 4.74 Å². The molecule has 0 saturated carbocycles. The van der Waals surface area contributed by atoms with Crippen molar-refractivity contribution in [3.05, 3.63) is 65.7 Å². The van der Waals surface area contributed by atoms with Gasteiger partial charge in [-0.15, -0.1) is 12.4 Å². The third-order valence-electron chi connectivity index (χ3n) is 4.47. The Morgan fingerprint density at radius 3 is 2.65 bits per heavy atom. The van der Waals surface area contributed by atoms with Crippen molar-refractivity contribution in [2.24, 2.45) is 0 Å². The molecule has 0 aliphatic carbocycles. The first kappa shape index (κ1) is 20.4. The minimum Gasteiger partial charge on any atom is -0.376 e. The highest BCUT2D eigenvalue weighted by molar-refractivity contribution is 5.94. The summed E-state index contributed by atoms with van der Waals surface area (Å²) in [4.78, 5) is 12.3. The first-order chi connectivity index (χ1) is 12.3. The number of hydrogen-bond acceptors (Lipinski definition) is 3. The Labute approximate surface area is 161 Å². The van der Waals surface area contributed by atoms with E-state index >= 15 is 0 Å². The van der Waals surface area contributed by atoms with Gasteiger partial charge in [-0.25, -0.2) is 0 Å². The van der Waals surface area contributed by atoms with Gasteiger partial charge >= 0.3 is 0 Å². The number of benzene rings is 2. The summed E-state index contributed by atoms with van der Waals surface area (Å²) in [6.07, 6.45) is 4.08. The molecule has 1 saturated heterocycles. The zero-order valence-electron chi connectivity index (χ0n) is 14.9. The summed E-state index contributed by atoms with van der Waals surface area (Å²) in [5.74, 6) is 0.0573. The predicted octanol–water partition coefficient (Wildman–Crippen LogP) is 3.95. The summed E-state index contributed by atoms with van der Waals surface area (Å²) >= 11 is 0. The number of nitrogens with one attached hydrogen (secondary N) is 2. The average molecular weight is 375 g/mol. The Kier molecular flexibility index (Phi) is 8.62. The van der Waals surface area contributed by atoms with E-state index in [0.717, 1.165) is 43.5 Å². The maximum absolute atomic E-state index is 12.3. The van der Waals surface area contributed by atoms with Gasteiger partial charge in [0.2, 0.25) is 5.91 Å². The molecular formula is C21H27ClN2O2. The molecule has 1 fully saturated rings. The van der Waals surface area contributed by atoms with Crippen LogP contribution in [0.5, 0.6) is 0 Å². The Hall–Kier alpha value is -1.88. The van der Waals surface area contributed by atoms with Crippen LogP contribution in [0, 0.1) is 0 Å². The second-order valence-electron chi connectivity index (χ2n) is 6.48. The number of piperidine rings is 1. The van der Waals surface area contributed by atoms with E-state index in [1.807, 2.05) is 42.5 Å². The molecule has 0 radical (unpaired) electrons. The summed E-state index contributed by atoms with van der Waals surface area (Å²) in [5.41, 5.74) is 3.19. The van der Waals surface area contributed by atoms with Crippen LogP contribution in [0.4, 0.5) is 5.69 Å². The van der Waals surface area contributed by atoms with Gasteiger partial charge in [-0.2, -0.15) is 0 Å². The Morgan fingerprint density at radius 1 is 1.08 bits per heavy atom. The van der Waals surface area contributed by atoms with Crippen molar-refractivity contribution in [1.82, 2.24) is 5.32 Å². The van der Waals surface area contributed by atoms with Gasteiger partial charge in [0.1, 0.15) is 0 Å².